The summed E-state index contributed by atoms with van der Waals surface area (Å²) in [7, 11) is 1.70. The van der Waals surface area contributed by atoms with Gasteiger partial charge < -0.3 is 14.7 Å². The van der Waals surface area contributed by atoms with E-state index in [-0.39, 0.29) is 6.42 Å². The van der Waals surface area contributed by atoms with Crippen LogP contribution in [0.5, 0.6) is 0 Å². The number of unbranched alkanes of at least 4 members (excludes halogenated alkanes) is 1. The fourth-order valence-corrected chi connectivity index (χ4v) is 2.05. The largest absolute Gasteiger partial charge is 0.481 e. The van der Waals surface area contributed by atoms with E-state index in [0.717, 1.165) is 31.7 Å². The number of carboxylic acids is 1. The van der Waals surface area contributed by atoms with E-state index >= 15 is 0 Å². The summed E-state index contributed by atoms with van der Waals surface area (Å²) in [5, 5.41) is 8.84. The molecule has 0 aliphatic rings. The Bertz CT molecular complexity index is 393. The summed E-state index contributed by atoms with van der Waals surface area (Å²) in [6, 6.07) is 8.09. The van der Waals surface area contributed by atoms with E-state index in [1.165, 1.54) is 5.56 Å². The first-order valence-corrected chi connectivity index (χ1v) is 6.66. The van der Waals surface area contributed by atoms with E-state index in [4.69, 9.17) is 9.84 Å². The molecular weight excluding hydrogens is 242 g/mol. The van der Waals surface area contributed by atoms with Gasteiger partial charge in [0, 0.05) is 32.5 Å². The van der Waals surface area contributed by atoms with Crippen molar-refractivity contribution in [1.29, 1.82) is 0 Å². The molecule has 0 saturated heterocycles. The van der Waals surface area contributed by atoms with E-state index < -0.39 is 5.97 Å². The number of benzene rings is 1. The van der Waals surface area contributed by atoms with E-state index in [2.05, 4.69) is 17.9 Å². The Morgan fingerprint density at radius 2 is 2.00 bits per heavy atom. The Morgan fingerprint density at radius 3 is 2.63 bits per heavy atom. The summed E-state index contributed by atoms with van der Waals surface area (Å²) in [6.07, 6.45) is 2.16. The third kappa shape index (κ3) is 5.75. The molecule has 0 aromatic heterocycles. The Labute approximate surface area is 115 Å². The molecule has 0 bridgehead atoms. The summed E-state index contributed by atoms with van der Waals surface area (Å²) in [6.45, 7) is 4.22. The normalized spacial score (nSPS) is 10.4. The van der Waals surface area contributed by atoms with Crippen LogP contribution in [0.4, 0.5) is 5.69 Å². The Kier molecular flexibility index (Phi) is 6.97. The quantitative estimate of drug-likeness (QED) is 0.697. The number of aliphatic carboxylic acids is 1. The molecule has 0 heterocycles. The molecular formula is C15H23NO3. The minimum absolute atomic E-state index is 0.165. The second kappa shape index (κ2) is 8.53. The van der Waals surface area contributed by atoms with Crippen LogP contribution in [-0.4, -0.2) is 37.9 Å². The highest BCUT2D eigenvalue weighted by Gasteiger charge is 2.10. The lowest BCUT2D eigenvalue weighted by Gasteiger charge is -2.26. The number of rotatable bonds is 9. The zero-order valence-electron chi connectivity index (χ0n) is 11.8. The highest BCUT2D eigenvalue weighted by molar-refractivity contribution is 5.68. The maximum absolute atomic E-state index is 10.7. The lowest BCUT2D eigenvalue weighted by atomic mass is 10.1. The minimum atomic E-state index is -0.754. The lowest BCUT2D eigenvalue weighted by molar-refractivity contribution is -0.136. The summed E-state index contributed by atoms with van der Waals surface area (Å²) in [5.74, 6) is -0.754. The predicted octanol–water partition coefficient (Wildman–Crippen LogP) is 2.70. The molecule has 4 heteroatoms. The second-order valence-electron chi connectivity index (χ2n) is 4.62. The highest BCUT2D eigenvalue weighted by atomic mass is 16.5. The molecule has 4 nitrogen and oxygen atoms in total. The van der Waals surface area contributed by atoms with Gasteiger partial charge in [-0.25, -0.2) is 0 Å². The van der Waals surface area contributed by atoms with Crippen LogP contribution in [0.1, 0.15) is 24.8 Å². The average Bonchev–Trinajstić information content (AvgIpc) is 2.39. The molecule has 1 aromatic carbocycles. The van der Waals surface area contributed by atoms with E-state index in [1.54, 1.807) is 7.11 Å². The van der Waals surface area contributed by atoms with Crippen LogP contribution in [-0.2, 0) is 9.53 Å². The zero-order chi connectivity index (χ0) is 14.1. The number of aryl methyl sites for hydroxylation is 1. The number of anilines is 1. The molecule has 0 radical (unpaired) electrons. The van der Waals surface area contributed by atoms with Crippen LogP contribution in [0.15, 0.2) is 24.3 Å². The Morgan fingerprint density at radius 1 is 1.26 bits per heavy atom. The van der Waals surface area contributed by atoms with Crippen LogP contribution < -0.4 is 4.90 Å². The Hall–Kier alpha value is -1.55. The van der Waals surface area contributed by atoms with Gasteiger partial charge in [-0.15, -0.1) is 0 Å². The predicted molar refractivity (Wildman–Crippen MR) is 76.8 cm³/mol. The van der Waals surface area contributed by atoms with Crippen LogP contribution in [0.3, 0.4) is 0 Å². The number of methoxy groups -OCH3 is 1. The molecule has 1 aromatic rings. The molecule has 0 aliphatic heterocycles. The average molecular weight is 265 g/mol. The smallest absolute Gasteiger partial charge is 0.305 e. The van der Waals surface area contributed by atoms with Gasteiger partial charge in [-0.3, -0.25) is 4.79 Å². The number of carboxylic acid groups (broad SMARTS) is 1. The summed E-state index contributed by atoms with van der Waals surface area (Å²) < 4.78 is 5.04. The van der Waals surface area contributed by atoms with E-state index in [9.17, 15) is 4.79 Å². The first-order valence-electron chi connectivity index (χ1n) is 6.66. The molecule has 0 fully saturated rings. The molecule has 0 unspecified atom stereocenters. The maximum Gasteiger partial charge on any atom is 0.305 e. The molecule has 1 rings (SSSR count). The van der Waals surface area contributed by atoms with Gasteiger partial charge in [-0.05, 0) is 31.4 Å². The van der Waals surface area contributed by atoms with Crippen LogP contribution in [0.25, 0.3) is 0 Å². The number of ether oxygens (including phenoxy) is 1. The van der Waals surface area contributed by atoms with Crippen LogP contribution in [0.2, 0.25) is 0 Å². The van der Waals surface area contributed by atoms with Crippen molar-refractivity contribution in [2.45, 2.75) is 26.2 Å². The molecule has 0 atom stereocenters. The number of hydrogen-bond acceptors (Lipinski definition) is 3. The van der Waals surface area contributed by atoms with Gasteiger partial charge in [0.25, 0.3) is 0 Å². The number of hydrogen-bond donors (Lipinski definition) is 1. The Balaban J connectivity index is 2.63. The topological polar surface area (TPSA) is 49.8 Å². The summed E-state index contributed by atoms with van der Waals surface area (Å²) in [4.78, 5) is 12.9. The SMILES string of the molecule is COCCCCN(CCC(=O)O)c1ccccc1C. The van der Waals surface area contributed by atoms with Gasteiger partial charge in [0.15, 0.2) is 0 Å². The molecule has 0 amide bonds. The van der Waals surface area contributed by atoms with E-state index in [1.807, 2.05) is 18.2 Å². The number of carbonyl (C=O) groups is 1. The van der Waals surface area contributed by atoms with Crippen molar-refractivity contribution in [1.82, 2.24) is 0 Å². The summed E-state index contributed by atoms with van der Waals surface area (Å²) >= 11 is 0. The van der Waals surface area contributed by atoms with Gasteiger partial charge in [0.2, 0.25) is 0 Å². The fraction of sp³-hybridized carbons (Fsp3) is 0.533. The first-order chi connectivity index (χ1) is 9.15. The molecule has 0 saturated carbocycles. The van der Waals surface area contributed by atoms with Gasteiger partial charge in [-0.2, -0.15) is 0 Å². The summed E-state index contributed by atoms with van der Waals surface area (Å²) in [5.41, 5.74) is 2.31. The molecule has 0 spiro atoms. The van der Waals surface area contributed by atoms with Gasteiger partial charge in [-0.1, -0.05) is 18.2 Å². The van der Waals surface area contributed by atoms with Crippen molar-refractivity contribution in [3.63, 3.8) is 0 Å². The van der Waals surface area contributed by atoms with Crippen molar-refractivity contribution in [3.05, 3.63) is 29.8 Å². The first kappa shape index (κ1) is 15.5. The van der Waals surface area contributed by atoms with Crippen molar-refractivity contribution in [2.24, 2.45) is 0 Å². The third-order valence-electron chi connectivity index (χ3n) is 3.08. The standard InChI is InChI=1S/C15H23NO3/c1-13-7-3-4-8-14(13)16(11-9-15(17)18)10-5-6-12-19-2/h3-4,7-8H,5-6,9-12H2,1-2H3,(H,17,18). The lowest BCUT2D eigenvalue weighted by Crippen LogP contribution is -2.28. The number of nitrogens with zero attached hydrogens (tertiary/aromatic N) is 1. The van der Waals surface area contributed by atoms with Crippen molar-refractivity contribution in [3.8, 4) is 0 Å². The second-order valence-corrected chi connectivity index (χ2v) is 4.62. The zero-order valence-corrected chi connectivity index (χ0v) is 11.8. The van der Waals surface area contributed by atoms with Crippen molar-refractivity contribution >= 4 is 11.7 Å². The van der Waals surface area contributed by atoms with Crippen molar-refractivity contribution < 1.29 is 14.6 Å². The number of para-hydroxylation sites is 1. The molecule has 1 N–H and O–H groups in total. The monoisotopic (exact) mass is 265 g/mol. The molecule has 0 aliphatic carbocycles. The minimum Gasteiger partial charge on any atom is -0.481 e. The van der Waals surface area contributed by atoms with Gasteiger partial charge >= 0.3 is 5.97 Å². The van der Waals surface area contributed by atoms with Crippen molar-refractivity contribution in [2.75, 3.05) is 31.7 Å². The van der Waals surface area contributed by atoms with Crippen LogP contribution in [0, 0.1) is 6.92 Å². The van der Waals surface area contributed by atoms with Crippen LogP contribution >= 0.6 is 0 Å². The van der Waals surface area contributed by atoms with Gasteiger partial charge in [0.05, 0.1) is 6.42 Å². The van der Waals surface area contributed by atoms with E-state index in [0.29, 0.717) is 6.54 Å². The van der Waals surface area contributed by atoms with Gasteiger partial charge in [0.1, 0.15) is 0 Å². The third-order valence-corrected chi connectivity index (χ3v) is 3.08. The fourth-order valence-electron chi connectivity index (χ4n) is 2.05. The molecule has 19 heavy (non-hydrogen) atoms. The highest BCUT2D eigenvalue weighted by Crippen LogP contribution is 2.20. The maximum atomic E-state index is 10.7. The molecule has 106 valence electrons.